The number of carbonyl (C=O) groups is 2. The standard InChI is InChI=1S/C25H24N4O4/c30-22-10-9-20(27-25(32)21-8-4-5-11-26-21)24-18-12-17(14-29(22)24)13-28(15-18)23(31)16-33-19-6-2-1-3-7-19/h1-11,17-18H,12-16H2,(H,27,32)/t17-,18-/m1/s1. The second-order valence-electron chi connectivity index (χ2n) is 8.45. The Bertz CT molecular complexity index is 1230. The third-order valence-electron chi connectivity index (χ3n) is 6.19. The smallest absolute Gasteiger partial charge is 0.274 e. The van der Waals surface area contributed by atoms with E-state index in [0.29, 0.717) is 36.8 Å². The lowest BCUT2D eigenvalue weighted by atomic mass is 9.82. The molecule has 8 heteroatoms. The van der Waals surface area contributed by atoms with Gasteiger partial charge >= 0.3 is 0 Å². The van der Waals surface area contributed by atoms with Gasteiger partial charge in [-0.3, -0.25) is 19.4 Å². The van der Waals surface area contributed by atoms with E-state index in [1.54, 1.807) is 35.0 Å². The molecule has 0 saturated carbocycles. The van der Waals surface area contributed by atoms with Crippen molar-refractivity contribution in [2.75, 3.05) is 25.0 Å². The van der Waals surface area contributed by atoms with Crippen LogP contribution in [0.5, 0.6) is 5.75 Å². The normalized spacial score (nSPS) is 18.8. The van der Waals surface area contributed by atoms with Crippen molar-refractivity contribution in [3.05, 3.63) is 88.6 Å². The molecule has 0 unspecified atom stereocenters. The lowest BCUT2D eigenvalue weighted by Gasteiger charge is -2.43. The van der Waals surface area contributed by atoms with Crippen LogP contribution in [0.25, 0.3) is 0 Å². The van der Waals surface area contributed by atoms with E-state index in [1.807, 2.05) is 35.2 Å². The summed E-state index contributed by atoms with van der Waals surface area (Å²) in [6.07, 6.45) is 2.42. The highest BCUT2D eigenvalue weighted by Gasteiger charge is 2.38. The molecule has 0 aliphatic carbocycles. The molecule has 0 radical (unpaired) electrons. The Hall–Kier alpha value is -3.94. The molecule has 2 aromatic heterocycles. The predicted octanol–water partition coefficient (Wildman–Crippen LogP) is 2.52. The van der Waals surface area contributed by atoms with Crippen molar-refractivity contribution in [3.63, 3.8) is 0 Å². The van der Waals surface area contributed by atoms with Crippen LogP contribution in [0, 0.1) is 5.92 Å². The molecule has 1 saturated heterocycles. The molecule has 3 aromatic rings. The number of rotatable bonds is 5. The first-order valence-corrected chi connectivity index (χ1v) is 11.0. The molecule has 1 fully saturated rings. The van der Waals surface area contributed by atoms with Gasteiger partial charge in [0.05, 0.1) is 5.69 Å². The van der Waals surface area contributed by atoms with Crippen LogP contribution in [0.1, 0.15) is 28.5 Å². The second-order valence-corrected chi connectivity index (χ2v) is 8.45. The second kappa shape index (κ2) is 8.90. The lowest BCUT2D eigenvalue weighted by Crippen LogP contribution is -2.50. The van der Waals surface area contributed by atoms with E-state index < -0.39 is 0 Å². The first-order chi connectivity index (χ1) is 16.1. The SMILES string of the molecule is O=C(Nc1ccc(=O)n2c1[C@@H]1C[C@H](CN(C(=O)COc3ccccc3)C1)C2)c1ccccn1. The van der Waals surface area contributed by atoms with Crippen molar-refractivity contribution in [2.45, 2.75) is 18.9 Å². The first kappa shape index (κ1) is 20.9. The number of anilines is 1. The van der Waals surface area contributed by atoms with Gasteiger partial charge in [0.1, 0.15) is 11.4 Å². The fraction of sp³-hybridized carbons (Fsp3) is 0.280. The van der Waals surface area contributed by atoms with Gasteiger partial charge in [0.25, 0.3) is 17.4 Å². The molecule has 1 N–H and O–H groups in total. The van der Waals surface area contributed by atoms with Gasteiger partial charge in [-0.05, 0) is 42.7 Å². The number of pyridine rings is 2. The third-order valence-corrected chi connectivity index (χ3v) is 6.19. The zero-order valence-electron chi connectivity index (χ0n) is 18.0. The van der Waals surface area contributed by atoms with Crippen molar-refractivity contribution in [2.24, 2.45) is 5.92 Å². The molecule has 0 spiro atoms. The molecule has 1 aromatic carbocycles. The minimum atomic E-state index is -0.334. The summed E-state index contributed by atoms with van der Waals surface area (Å²) in [6, 6.07) is 17.5. The highest BCUT2D eigenvalue weighted by molar-refractivity contribution is 6.03. The van der Waals surface area contributed by atoms with E-state index in [2.05, 4.69) is 10.3 Å². The molecule has 2 atom stereocenters. The van der Waals surface area contributed by atoms with Crippen molar-refractivity contribution in [3.8, 4) is 5.75 Å². The van der Waals surface area contributed by atoms with Crippen molar-refractivity contribution < 1.29 is 14.3 Å². The zero-order valence-corrected chi connectivity index (χ0v) is 18.0. The highest BCUT2D eigenvalue weighted by Crippen LogP contribution is 2.38. The van der Waals surface area contributed by atoms with Gasteiger partial charge in [-0.2, -0.15) is 0 Å². The Morgan fingerprint density at radius 2 is 1.82 bits per heavy atom. The van der Waals surface area contributed by atoms with Gasteiger partial charge in [-0.1, -0.05) is 24.3 Å². The molecule has 2 bridgehead atoms. The number of benzene rings is 1. The minimum absolute atomic E-state index is 0.0334. The number of para-hydroxylation sites is 1. The van der Waals surface area contributed by atoms with Crippen LogP contribution in [0.15, 0.2) is 71.7 Å². The average Bonchev–Trinajstić information content (AvgIpc) is 2.85. The highest BCUT2D eigenvalue weighted by atomic mass is 16.5. The van der Waals surface area contributed by atoms with Gasteiger partial charge in [0, 0.05) is 43.5 Å². The number of ether oxygens (including phenoxy) is 1. The van der Waals surface area contributed by atoms with Crippen LogP contribution in [0.4, 0.5) is 5.69 Å². The number of aromatic nitrogens is 2. The average molecular weight is 444 g/mol. The van der Waals surface area contributed by atoms with Gasteiger partial charge in [0.2, 0.25) is 0 Å². The van der Waals surface area contributed by atoms with Gasteiger partial charge < -0.3 is 19.5 Å². The summed E-state index contributed by atoms with van der Waals surface area (Å²) in [5.74, 6) is 0.362. The number of piperidine rings is 1. The van der Waals surface area contributed by atoms with E-state index in [4.69, 9.17) is 4.74 Å². The summed E-state index contributed by atoms with van der Waals surface area (Å²) in [5.41, 5.74) is 1.56. The van der Waals surface area contributed by atoms with Crippen LogP contribution < -0.4 is 15.6 Å². The van der Waals surface area contributed by atoms with Crippen LogP contribution in [0.3, 0.4) is 0 Å². The van der Waals surface area contributed by atoms with Crippen LogP contribution in [0.2, 0.25) is 0 Å². The number of nitrogens with one attached hydrogen (secondary N) is 1. The van der Waals surface area contributed by atoms with Gasteiger partial charge in [-0.15, -0.1) is 0 Å². The topological polar surface area (TPSA) is 93.5 Å². The van der Waals surface area contributed by atoms with E-state index in [1.165, 1.54) is 6.07 Å². The molecule has 2 aliphatic rings. The lowest BCUT2D eigenvalue weighted by molar-refractivity contribution is -0.136. The number of amides is 2. The monoisotopic (exact) mass is 444 g/mol. The predicted molar refractivity (Wildman–Crippen MR) is 122 cm³/mol. The fourth-order valence-electron chi connectivity index (χ4n) is 4.76. The Morgan fingerprint density at radius 1 is 1.00 bits per heavy atom. The number of hydrogen-bond donors (Lipinski definition) is 1. The third kappa shape index (κ3) is 4.37. The molecule has 168 valence electrons. The number of hydrogen-bond acceptors (Lipinski definition) is 5. The summed E-state index contributed by atoms with van der Waals surface area (Å²) >= 11 is 0. The quantitative estimate of drug-likeness (QED) is 0.653. The first-order valence-electron chi connectivity index (χ1n) is 11.0. The number of fused-ring (bicyclic) bond motifs is 4. The van der Waals surface area contributed by atoms with E-state index in [0.717, 1.165) is 12.1 Å². The Morgan fingerprint density at radius 3 is 2.61 bits per heavy atom. The summed E-state index contributed by atoms with van der Waals surface area (Å²) < 4.78 is 7.39. The Kier molecular flexibility index (Phi) is 5.64. The summed E-state index contributed by atoms with van der Waals surface area (Å²) in [6.45, 7) is 1.54. The molecule has 8 nitrogen and oxygen atoms in total. The molecule has 33 heavy (non-hydrogen) atoms. The molecule has 4 heterocycles. The summed E-state index contributed by atoms with van der Waals surface area (Å²) in [5, 5.41) is 2.92. The van der Waals surface area contributed by atoms with E-state index in [-0.39, 0.29) is 35.8 Å². The van der Waals surface area contributed by atoms with Crippen molar-refractivity contribution in [1.29, 1.82) is 0 Å². The summed E-state index contributed by atoms with van der Waals surface area (Å²) in [7, 11) is 0. The van der Waals surface area contributed by atoms with Crippen LogP contribution >= 0.6 is 0 Å². The maximum atomic E-state index is 12.9. The minimum Gasteiger partial charge on any atom is -0.484 e. The molecule has 2 amide bonds. The molecular weight excluding hydrogens is 420 g/mol. The Labute approximate surface area is 190 Å². The zero-order chi connectivity index (χ0) is 22.8. The van der Waals surface area contributed by atoms with Crippen LogP contribution in [-0.2, 0) is 11.3 Å². The van der Waals surface area contributed by atoms with Crippen molar-refractivity contribution >= 4 is 17.5 Å². The largest absolute Gasteiger partial charge is 0.484 e. The summed E-state index contributed by atoms with van der Waals surface area (Å²) in [4.78, 5) is 44.1. The fourth-order valence-corrected chi connectivity index (χ4v) is 4.76. The van der Waals surface area contributed by atoms with Gasteiger partial charge in [0.15, 0.2) is 6.61 Å². The Balaban J connectivity index is 1.36. The van der Waals surface area contributed by atoms with Gasteiger partial charge in [-0.25, -0.2) is 0 Å². The van der Waals surface area contributed by atoms with E-state index in [9.17, 15) is 14.4 Å². The van der Waals surface area contributed by atoms with Crippen LogP contribution in [-0.4, -0.2) is 46.0 Å². The number of nitrogens with zero attached hydrogens (tertiary/aromatic N) is 3. The van der Waals surface area contributed by atoms with Crippen molar-refractivity contribution in [1.82, 2.24) is 14.5 Å². The number of likely N-dealkylation sites (tertiary alicyclic amines) is 1. The molecule has 2 aliphatic heterocycles. The molecular formula is C25H24N4O4. The maximum absolute atomic E-state index is 12.9. The number of carbonyl (C=O) groups excluding carboxylic acids is 2. The molecule has 5 rings (SSSR count). The van der Waals surface area contributed by atoms with E-state index >= 15 is 0 Å². The maximum Gasteiger partial charge on any atom is 0.274 e.